The Morgan fingerprint density at radius 2 is 2.24 bits per heavy atom. The first kappa shape index (κ1) is 13.8. The lowest BCUT2D eigenvalue weighted by atomic mass is 10.1. The number of aryl methyl sites for hydroxylation is 2. The van der Waals surface area contributed by atoms with Crippen LogP contribution in [0.25, 0.3) is 0 Å². The summed E-state index contributed by atoms with van der Waals surface area (Å²) in [6.45, 7) is 4.31. The number of rotatable bonds is 6. The van der Waals surface area contributed by atoms with Crippen LogP contribution < -0.4 is 5.32 Å². The summed E-state index contributed by atoms with van der Waals surface area (Å²) in [5.74, 6) is 1.86. The second kappa shape index (κ2) is 5.67. The molecule has 7 heteroatoms. The van der Waals surface area contributed by atoms with E-state index in [0.29, 0.717) is 31.2 Å². The second-order valence-corrected chi connectivity index (χ2v) is 5.51. The first-order chi connectivity index (χ1) is 10.1. The largest absolute Gasteiger partial charge is 0.355 e. The van der Waals surface area contributed by atoms with Gasteiger partial charge in [-0.05, 0) is 26.7 Å². The zero-order chi connectivity index (χ0) is 14.8. The summed E-state index contributed by atoms with van der Waals surface area (Å²) in [6.07, 6.45) is 3.21. The maximum atomic E-state index is 11.9. The number of carbonyl (C=O) groups excluding carboxylic acids is 1. The minimum absolute atomic E-state index is 0.0236. The lowest BCUT2D eigenvalue weighted by Gasteiger charge is -2.03. The molecule has 112 valence electrons. The fourth-order valence-electron chi connectivity index (χ4n) is 2.24. The van der Waals surface area contributed by atoms with Crippen molar-refractivity contribution in [1.29, 1.82) is 0 Å². The van der Waals surface area contributed by atoms with Gasteiger partial charge >= 0.3 is 0 Å². The summed E-state index contributed by atoms with van der Waals surface area (Å²) >= 11 is 0. The van der Waals surface area contributed by atoms with Crippen LogP contribution in [0.15, 0.2) is 4.52 Å². The lowest BCUT2D eigenvalue weighted by Crippen LogP contribution is -2.27. The molecule has 0 aliphatic heterocycles. The number of hydrogen-bond donors (Lipinski definition) is 2. The average Bonchev–Trinajstić information content (AvgIpc) is 3.14. The number of hydrogen-bond acceptors (Lipinski definition) is 5. The Morgan fingerprint density at radius 1 is 1.43 bits per heavy atom. The van der Waals surface area contributed by atoms with Crippen LogP contribution in [-0.2, 0) is 17.6 Å². The molecule has 1 amide bonds. The number of carbonyl (C=O) groups is 1. The first-order valence-electron chi connectivity index (χ1n) is 7.23. The smallest absolute Gasteiger partial charge is 0.228 e. The van der Waals surface area contributed by atoms with Crippen LogP contribution in [0.3, 0.4) is 0 Å². The van der Waals surface area contributed by atoms with Crippen LogP contribution in [0.1, 0.15) is 47.4 Å². The molecule has 0 radical (unpaired) electrons. The van der Waals surface area contributed by atoms with Gasteiger partial charge < -0.3 is 9.84 Å². The van der Waals surface area contributed by atoms with E-state index in [0.717, 1.165) is 35.6 Å². The predicted octanol–water partition coefficient (Wildman–Crippen LogP) is 1.19. The van der Waals surface area contributed by atoms with Crippen LogP contribution in [0, 0.1) is 13.8 Å². The van der Waals surface area contributed by atoms with Crippen molar-refractivity contribution in [2.24, 2.45) is 0 Å². The van der Waals surface area contributed by atoms with Crippen molar-refractivity contribution >= 4 is 5.91 Å². The molecule has 2 N–H and O–H groups in total. The van der Waals surface area contributed by atoms with E-state index in [1.165, 1.54) is 0 Å². The molecule has 2 aromatic rings. The van der Waals surface area contributed by atoms with E-state index in [2.05, 4.69) is 25.7 Å². The summed E-state index contributed by atoms with van der Waals surface area (Å²) in [6, 6.07) is 0. The fourth-order valence-corrected chi connectivity index (χ4v) is 2.24. The quantitative estimate of drug-likeness (QED) is 0.832. The number of H-pyrrole nitrogens is 1. The van der Waals surface area contributed by atoms with Crippen molar-refractivity contribution in [2.75, 3.05) is 6.54 Å². The Hall–Kier alpha value is -2.18. The molecule has 0 spiro atoms. The van der Waals surface area contributed by atoms with Gasteiger partial charge in [0.2, 0.25) is 11.8 Å². The highest BCUT2D eigenvalue weighted by molar-refractivity contribution is 5.79. The third-order valence-electron chi connectivity index (χ3n) is 3.71. The monoisotopic (exact) mass is 289 g/mol. The Morgan fingerprint density at radius 3 is 2.90 bits per heavy atom. The van der Waals surface area contributed by atoms with Gasteiger partial charge in [0.15, 0.2) is 5.82 Å². The molecule has 3 rings (SSSR count). The Bertz CT molecular complexity index is 622. The number of amides is 1. The van der Waals surface area contributed by atoms with Gasteiger partial charge in [-0.1, -0.05) is 5.16 Å². The van der Waals surface area contributed by atoms with Crippen LogP contribution in [-0.4, -0.2) is 32.8 Å². The molecule has 0 unspecified atom stereocenters. The van der Waals surface area contributed by atoms with Gasteiger partial charge in [0.05, 0.1) is 12.1 Å². The molecule has 21 heavy (non-hydrogen) atoms. The molecule has 7 nitrogen and oxygen atoms in total. The molecule has 1 aliphatic carbocycles. The van der Waals surface area contributed by atoms with Gasteiger partial charge in [-0.3, -0.25) is 9.89 Å². The zero-order valence-corrected chi connectivity index (χ0v) is 12.3. The average molecular weight is 289 g/mol. The Balaban J connectivity index is 1.45. The van der Waals surface area contributed by atoms with Crippen molar-refractivity contribution in [3.8, 4) is 0 Å². The van der Waals surface area contributed by atoms with Crippen LogP contribution in [0.2, 0.25) is 0 Å². The van der Waals surface area contributed by atoms with Gasteiger partial charge in [0.25, 0.3) is 0 Å². The summed E-state index contributed by atoms with van der Waals surface area (Å²) in [5.41, 5.74) is 2.77. The van der Waals surface area contributed by atoms with Gasteiger partial charge in [-0.15, -0.1) is 0 Å². The lowest BCUT2D eigenvalue weighted by molar-refractivity contribution is -0.120. The molecule has 1 aliphatic rings. The molecule has 0 bridgehead atoms. The molecular formula is C14H19N5O2. The van der Waals surface area contributed by atoms with Crippen molar-refractivity contribution in [3.05, 3.63) is 28.7 Å². The maximum absolute atomic E-state index is 11.9. The summed E-state index contributed by atoms with van der Waals surface area (Å²) in [4.78, 5) is 16.2. The summed E-state index contributed by atoms with van der Waals surface area (Å²) in [7, 11) is 0. The standard InChI is InChI=1S/C14H19N5O2/c1-8-11(9(2)18-17-8)7-12(20)15-6-5-13-16-14(19-21-13)10-3-4-10/h10H,3-7H2,1-2H3,(H,15,20)(H,17,18). The van der Waals surface area contributed by atoms with Gasteiger partial charge in [0.1, 0.15) is 0 Å². The normalized spacial score (nSPS) is 14.4. The van der Waals surface area contributed by atoms with Crippen LogP contribution in [0.5, 0.6) is 0 Å². The fraction of sp³-hybridized carbons (Fsp3) is 0.571. The topological polar surface area (TPSA) is 96.7 Å². The minimum Gasteiger partial charge on any atom is -0.355 e. The summed E-state index contributed by atoms with van der Waals surface area (Å²) < 4.78 is 5.16. The van der Waals surface area contributed by atoms with Crippen molar-refractivity contribution < 1.29 is 9.32 Å². The Kier molecular flexibility index (Phi) is 3.72. The van der Waals surface area contributed by atoms with E-state index in [-0.39, 0.29) is 5.91 Å². The molecule has 2 heterocycles. The van der Waals surface area contributed by atoms with E-state index in [1.54, 1.807) is 0 Å². The third-order valence-corrected chi connectivity index (χ3v) is 3.71. The zero-order valence-electron chi connectivity index (χ0n) is 12.3. The highest BCUT2D eigenvalue weighted by atomic mass is 16.5. The van der Waals surface area contributed by atoms with E-state index in [4.69, 9.17) is 4.52 Å². The molecule has 1 fully saturated rings. The molecule has 0 saturated heterocycles. The number of nitrogens with one attached hydrogen (secondary N) is 2. The van der Waals surface area contributed by atoms with Gasteiger partial charge in [-0.25, -0.2) is 0 Å². The first-order valence-corrected chi connectivity index (χ1v) is 7.23. The number of nitrogens with zero attached hydrogens (tertiary/aromatic N) is 3. The van der Waals surface area contributed by atoms with Gasteiger partial charge in [0, 0.05) is 30.1 Å². The van der Waals surface area contributed by atoms with E-state index < -0.39 is 0 Å². The SMILES string of the molecule is Cc1n[nH]c(C)c1CC(=O)NCCc1nc(C2CC2)no1. The van der Waals surface area contributed by atoms with Gasteiger partial charge in [-0.2, -0.15) is 10.1 Å². The Labute approximate surface area is 122 Å². The predicted molar refractivity (Wildman–Crippen MR) is 74.8 cm³/mol. The number of aromatic nitrogens is 4. The van der Waals surface area contributed by atoms with E-state index >= 15 is 0 Å². The molecule has 0 atom stereocenters. The van der Waals surface area contributed by atoms with Crippen LogP contribution >= 0.6 is 0 Å². The molecular weight excluding hydrogens is 270 g/mol. The molecule has 1 saturated carbocycles. The third kappa shape index (κ3) is 3.29. The maximum Gasteiger partial charge on any atom is 0.228 e. The van der Waals surface area contributed by atoms with E-state index in [9.17, 15) is 4.79 Å². The van der Waals surface area contributed by atoms with Crippen molar-refractivity contribution in [3.63, 3.8) is 0 Å². The number of aromatic amines is 1. The minimum atomic E-state index is -0.0236. The summed E-state index contributed by atoms with van der Waals surface area (Å²) in [5, 5.41) is 13.8. The molecule has 2 aromatic heterocycles. The van der Waals surface area contributed by atoms with Crippen molar-refractivity contribution in [2.45, 2.75) is 45.4 Å². The van der Waals surface area contributed by atoms with Crippen LogP contribution in [0.4, 0.5) is 0 Å². The van der Waals surface area contributed by atoms with Crippen molar-refractivity contribution in [1.82, 2.24) is 25.7 Å². The highest BCUT2D eigenvalue weighted by Crippen LogP contribution is 2.38. The molecule has 0 aromatic carbocycles. The second-order valence-electron chi connectivity index (χ2n) is 5.51. The van der Waals surface area contributed by atoms with E-state index in [1.807, 2.05) is 13.8 Å². The highest BCUT2D eigenvalue weighted by Gasteiger charge is 2.28.